The third-order valence-electron chi connectivity index (χ3n) is 2.57. The Kier molecular flexibility index (Phi) is 4.02. The van der Waals surface area contributed by atoms with E-state index in [1.165, 1.54) is 0 Å². The second-order valence-electron chi connectivity index (χ2n) is 4.24. The van der Waals surface area contributed by atoms with Crippen LogP contribution in [-0.4, -0.2) is 47.9 Å². The molecule has 0 aromatic rings. The summed E-state index contributed by atoms with van der Waals surface area (Å²) >= 11 is 1.70. The SMILES string of the molecule is CCC1(C)CSC(=NCC(=O)N(C)C)N1. The van der Waals surface area contributed by atoms with Gasteiger partial charge in [0.05, 0.1) is 0 Å². The lowest BCUT2D eigenvalue weighted by molar-refractivity contribution is -0.127. The highest BCUT2D eigenvalue weighted by Crippen LogP contribution is 2.25. The molecule has 4 nitrogen and oxygen atoms in total. The topological polar surface area (TPSA) is 44.7 Å². The van der Waals surface area contributed by atoms with Crippen LogP contribution in [0.25, 0.3) is 0 Å². The molecule has 1 N–H and O–H groups in total. The summed E-state index contributed by atoms with van der Waals surface area (Å²) < 4.78 is 0. The monoisotopic (exact) mass is 229 g/mol. The molecule has 1 aliphatic heterocycles. The number of hydrogen-bond acceptors (Lipinski definition) is 3. The molecule has 1 aliphatic rings. The van der Waals surface area contributed by atoms with Crippen LogP contribution in [0, 0.1) is 0 Å². The molecular formula is C10H19N3OS. The van der Waals surface area contributed by atoms with Crippen molar-refractivity contribution in [1.82, 2.24) is 10.2 Å². The van der Waals surface area contributed by atoms with Crippen molar-refractivity contribution in [2.75, 3.05) is 26.4 Å². The highest BCUT2D eigenvalue weighted by atomic mass is 32.2. The van der Waals surface area contributed by atoms with E-state index >= 15 is 0 Å². The predicted octanol–water partition coefficient (Wildman–Crippen LogP) is 0.936. The number of thioether (sulfide) groups is 1. The molecule has 1 saturated heterocycles. The lowest BCUT2D eigenvalue weighted by Crippen LogP contribution is -2.40. The van der Waals surface area contributed by atoms with E-state index in [9.17, 15) is 4.79 Å². The zero-order valence-corrected chi connectivity index (χ0v) is 10.6. The Labute approximate surface area is 95.5 Å². The van der Waals surface area contributed by atoms with Crippen LogP contribution in [0.5, 0.6) is 0 Å². The van der Waals surface area contributed by atoms with E-state index in [1.54, 1.807) is 30.8 Å². The van der Waals surface area contributed by atoms with Gasteiger partial charge in [0, 0.05) is 25.4 Å². The van der Waals surface area contributed by atoms with Gasteiger partial charge in [0.25, 0.3) is 0 Å². The van der Waals surface area contributed by atoms with Gasteiger partial charge in [0.1, 0.15) is 6.54 Å². The van der Waals surface area contributed by atoms with Crippen LogP contribution in [0.3, 0.4) is 0 Å². The van der Waals surface area contributed by atoms with Crippen LogP contribution >= 0.6 is 11.8 Å². The van der Waals surface area contributed by atoms with Gasteiger partial charge in [-0.05, 0) is 13.3 Å². The highest BCUT2D eigenvalue weighted by molar-refractivity contribution is 8.14. The zero-order chi connectivity index (χ0) is 11.5. The smallest absolute Gasteiger partial charge is 0.243 e. The van der Waals surface area contributed by atoms with E-state index in [0.717, 1.165) is 17.3 Å². The van der Waals surface area contributed by atoms with E-state index in [-0.39, 0.29) is 18.0 Å². The van der Waals surface area contributed by atoms with Crippen LogP contribution in [0.15, 0.2) is 4.99 Å². The summed E-state index contributed by atoms with van der Waals surface area (Å²) in [5.74, 6) is 1.06. The fourth-order valence-corrected chi connectivity index (χ4v) is 2.32. The molecule has 0 aromatic heterocycles. The van der Waals surface area contributed by atoms with Gasteiger partial charge in [0.2, 0.25) is 5.91 Å². The van der Waals surface area contributed by atoms with E-state index in [4.69, 9.17) is 0 Å². The van der Waals surface area contributed by atoms with E-state index in [2.05, 4.69) is 24.2 Å². The molecule has 0 radical (unpaired) electrons. The Morgan fingerprint density at radius 2 is 2.33 bits per heavy atom. The highest BCUT2D eigenvalue weighted by Gasteiger charge is 2.30. The van der Waals surface area contributed by atoms with Crippen LogP contribution in [0.4, 0.5) is 0 Å². The lowest BCUT2D eigenvalue weighted by atomic mass is 10.0. The van der Waals surface area contributed by atoms with Crippen molar-refractivity contribution in [3.63, 3.8) is 0 Å². The first-order valence-corrected chi connectivity index (χ1v) is 6.11. The Bertz CT molecular complexity index is 278. The molecule has 1 fully saturated rings. The van der Waals surface area contributed by atoms with Gasteiger partial charge in [-0.1, -0.05) is 18.7 Å². The summed E-state index contributed by atoms with van der Waals surface area (Å²) in [4.78, 5) is 17.1. The molecule has 0 aromatic carbocycles. The van der Waals surface area contributed by atoms with Crippen LogP contribution in [0.1, 0.15) is 20.3 Å². The molecule has 1 rings (SSSR count). The number of nitrogens with zero attached hydrogens (tertiary/aromatic N) is 2. The van der Waals surface area contributed by atoms with Crippen molar-refractivity contribution >= 4 is 22.8 Å². The average Bonchev–Trinajstić information content (AvgIpc) is 2.57. The second kappa shape index (κ2) is 4.88. The molecular weight excluding hydrogens is 210 g/mol. The quantitative estimate of drug-likeness (QED) is 0.783. The van der Waals surface area contributed by atoms with Crippen LogP contribution in [-0.2, 0) is 4.79 Å². The number of amidine groups is 1. The summed E-state index contributed by atoms with van der Waals surface area (Å²) in [5.41, 5.74) is 0.144. The maximum atomic E-state index is 11.3. The summed E-state index contributed by atoms with van der Waals surface area (Å²) in [7, 11) is 3.49. The fraction of sp³-hybridized carbons (Fsp3) is 0.800. The number of rotatable bonds is 3. The van der Waals surface area contributed by atoms with Gasteiger partial charge in [-0.2, -0.15) is 0 Å². The minimum absolute atomic E-state index is 0.0370. The molecule has 1 heterocycles. The summed E-state index contributed by atoms with van der Waals surface area (Å²) in [6.07, 6.45) is 1.07. The summed E-state index contributed by atoms with van der Waals surface area (Å²) in [5, 5.41) is 4.25. The predicted molar refractivity (Wildman–Crippen MR) is 65.3 cm³/mol. The molecule has 1 atom stereocenters. The van der Waals surface area contributed by atoms with Crippen molar-refractivity contribution < 1.29 is 4.79 Å². The van der Waals surface area contributed by atoms with Crippen molar-refractivity contribution in [3.8, 4) is 0 Å². The van der Waals surface area contributed by atoms with Gasteiger partial charge in [-0.25, -0.2) is 0 Å². The maximum absolute atomic E-state index is 11.3. The van der Waals surface area contributed by atoms with Gasteiger partial charge in [0.15, 0.2) is 5.17 Å². The Balaban J connectivity index is 2.47. The lowest BCUT2D eigenvalue weighted by Gasteiger charge is -2.20. The van der Waals surface area contributed by atoms with Gasteiger partial charge >= 0.3 is 0 Å². The molecule has 15 heavy (non-hydrogen) atoms. The Morgan fingerprint density at radius 1 is 1.67 bits per heavy atom. The molecule has 1 unspecified atom stereocenters. The van der Waals surface area contributed by atoms with Crippen molar-refractivity contribution in [2.45, 2.75) is 25.8 Å². The molecule has 0 bridgehead atoms. The Morgan fingerprint density at radius 3 is 2.80 bits per heavy atom. The van der Waals surface area contributed by atoms with Gasteiger partial charge in [-0.15, -0.1) is 0 Å². The summed E-state index contributed by atoms with van der Waals surface area (Å²) in [6.45, 7) is 4.57. The molecule has 1 amide bonds. The number of carbonyl (C=O) groups is 1. The minimum Gasteiger partial charge on any atom is -0.359 e. The normalized spacial score (nSPS) is 27.9. The number of nitrogens with one attached hydrogen (secondary N) is 1. The van der Waals surface area contributed by atoms with Crippen LogP contribution < -0.4 is 5.32 Å². The standard InChI is InChI=1S/C10H19N3OS/c1-5-10(2)7-15-9(12-10)11-6-8(14)13(3)4/h5-7H2,1-4H3,(H,11,12). The van der Waals surface area contributed by atoms with Crippen molar-refractivity contribution in [3.05, 3.63) is 0 Å². The molecule has 0 aliphatic carbocycles. The average molecular weight is 229 g/mol. The first-order chi connectivity index (χ1) is 6.97. The van der Waals surface area contributed by atoms with Crippen molar-refractivity contribution in [1.29, 1.82) is 0 Å². The largest absolute Gasteiger partial charge is 0.359 e. The number of likely N-dealkylation sites (N-methyl/N-ethyl adjacent to an activating group) is 1. The third-order valence-corrected chi connectivity index (χ3v) is 3.86. The number of hydrogen-bond donors (Lipinski definition) is 1. The number of aliphatic imine (C=N–C) groups is 1. The number of amides is 1. The summed E-state index contributed by atoms with van der Waals surface area (Å²) in [6, 6.07) is 0. The Hall–Kier alpha value is -0.710. The number of carbonyl (C=O) groups excluding carboxylic acids is 1. The fourth-order valence-electron chi connectivity index (χ4n) is 1.11. The van der Waals surface area contributed by atoms with Gasteiger partial charge in [-0.3, -0.25) is 9.79 Å². The van der Waals surface area contributed by atoms with E-state index < -0.39 is 0 Å². The van der Waals surface area contributed by atoms with E-state index in [1.807, 2.05) is 0 Å². The third kappa shape index (κ3) is 3.41. The molecule has 5 heteroatoms. The van der Waals surface area contributed by atoms with Gasteiger partial charge < -0.3 is 10.2 Å². The van der Waals surface area contributed by atoms with Crippen molar-refractivity contribution in [2.24, 2.45) is 4.99 Å². The molecule has 0 spiro atoms. The first-order valence-electron chi connectivity index (χ1n) is 5.12. The minimum atomic E-state index is 0.0370. The first kappa shape index (κ1) is 12.4. The zero-order valence-electron chi connectivity index (χ0n) is 9.83. The van der Waals surface area contributed by atoms with Crippen LogP contribution in [0.2, 0.25) is 0 Å². The molecule has 86 valence electrons. The van der Waals surface area contributed by atoms with E-state index in [0.29, 0.717) is 0 Å². The molecule has 0 saturated carbocycles. The maximum Gasteiger partial charge on any atom is 0.243 e. The second-order valence-corrected chi connectivity index (χ2v) is 5.20.